The van der Waals surface area contributed by atoms with E-state index in [2.05, 4.69) is 20.5 Å². The number of aliphatic imine (C=N–C) groups is 1. The Balaban J connectivity index is 1.58. The van der Waals surface area contributed by atoms with E-state index in [0.717, 1.165) is 64.1 Å². The molecule has 6 heteroatoms. The Labute approximate surface area is 138 Å². The Morgan fingerprint density at radius 2 is 2.09 bits per heavy atom. The van der Waals surface area contributed by atoms with Crippen LogP contribution in [0.1, 0.15) is 51.4 Å². The van der Waals surface area contributed by atoms with Crippen molar-refractivity contribution in [2.45, 2.75) is 57.0 Å². The quantitative estimate of drug-likeness (QED) is 0.520. The molecule has 0 aromatic rings. The average molecular weight is 322 g/mol. The summed E-state index contributed by atoms with van der Waals surface area (Å²) in [5, 5.41) is 17.0. The summed E-state index contributed by atoms with van der Waals surface area (Å²) >= 11 is 0. The molecule has 1 unspecified atom stereocenters. The Kier molecular flexibility index (Phi) is 4.80. The molecule has 1 spiro atoms. The molecule has 3 fully saturated rings. The van der Waals surface area contributed by atoms with E-state index >= 15 is 0 Å². The first-order valence-electron chi connectivity index (χ1n) is 8.99. The van der Waals surface area contributed by atoms with Gasteiger partial charge in [0.1, 0.15) is 0 Å². The molecule has 1 aliphatic carbocycles. The van der Waals surface area contributed by atoms with Crippen LogP contribution in [0.4, 0.5) is 0 Å². The van der Waals surface area contributed by atoms with Crippen molar-refractivity contribution in [3.63, 3.8) is 0 Å². The van der Waals surface area contributed by atoms with Crippen LogP contribution in [0, 0.1) is 5.41 Å². The van der Waals surface area contributed by atoms with E-state index in [0.29, 0.717) is 13.0 Å². The maximum Gasteiger partial charge on any atom is 0.220 e. The molecule has 0 aromatic carbocycles. The van der Waals surface area contributed by atoms with Crippen molar-refractivity contribution in [2.75, 3.05) is 33.2 Å². The molecular formula is C17H30N4O2. The highest BCUT2D eigenvalue weighted by Gasteiger charge is 2.42. The van der Waals surface area contributed by atoms with E-state index in [9.17, 15) is 9.90 Å². The highest BCUT2D eigenvalue weighted by atomic mass is 16.3. The highest BCUT2D eigenvalue weighted by Crippen LogP contribution is 2.36. The molecule has 2 aliphatic heterocycles. The summed E-state index contributed by atoms with van der Waals surface area (Å²) in [5.41, 5.74) is -0.527. The second-order valence-corrected chi connectivity index (χ2v) is 7.66. The molecule has 3 aliphatic rings. The van der Waals surface area contributed by atoms with E-state index in [1.165, 1.54) is 6.42 Å². The van der Waals surface area contributed by atoms with Gasteiger partial charge >= 0.3 is 0 Å². The molecule has 3 rings (SSSR count). The maximum atomic E-state index is 11.6. The number of amides is 1. The van der Waals surface area contributed by atoms with Crippen LogP contribution in [0.5, 0.6) is 0 Å². The first kappa shape index (κ1) is 16.6. The van der Waals surface area contributed by atoms with Crippen molar-refractivity contribution < 1.29 is 9.90 Å². The minimum absolute atomic E-state index is 0.0642. The Morgan fingerprint density at radius 1 is 1.30 bits per heavy atom. The Hall–Kier alpha value is -1.30. The molecule has 23 heavy (non-hydrogen) atoms. The number of guanidine groups is 1. The van der Waals surface area contributed by atoms with Crippen LogP contribution in [-0.4, -0.2) is 60.7 Å². The summed E-state index contributed by atoms with van der Waals surface area (Å²) in [6.07, 6.45) is 8.01. The van der Waals surface area contributed by atoms with Gasteiger partial charge in [-0.1, -0.05) is 19.3 Å². The second-order valence-electron chi connectivity index (χ2n) is 7.66. The fraction of sp³-hybridized carbons (Fsp3) is 0.882. The molecule has 1 saturated carbocycles. The molecule has 0 bridgehead atoms. The molecule has 1 amide bonds. The minimum Gasteiger partial charge on any atom is -0.388 e. The van der Waals surface area contributed by atoms with Gasteiger partial charge in [0.15, 0.2) is 5.96 Å². The summed E-state index contributed by atoms with van der Waals surface area (Å²) in [5.74, 6) is 1.04. The number of hydrogen-bond donors (Lipinski definition) is 3. The molecule has 2 heterocycles. The monoisotopic (exact) mass is 322 g/mol. The number of rotatable bonds is 2. The lowest BCUT2D eigenvalue weighted by atomic mass is 9.79. The van der Waals surface area contributed by atoms with Gasteiger partial charge in [0.2, 0.25) is 5.91 Å². The second kappa shape index (κ2) is 6.67. The number of nitrogens with zero attached hydrogens (tertiary/aromatic N) is 2. The summed E-state index contributed by atoms with van der Waals surface area (Å²) in [6, 6.07) is 0. The third-order valence-electron chi connectivity index (χ3n) is 5.73. The summed E-state index contributed by atoms with van der Waals surface area (Å²) < 4.78 is 0. The number of carbonyl (C=O) groups excluding carboxylic acids is 1. The zero-order chi connectivity index (χ0) is 16.3. The normalized spacial score (nSPS) is 31.3. The Morgan fingerprint density at radius 3 is 2.74 bits per heavy atom. The van der Waals surface area contributed by atoms with Gasteiger partial charge in [-0.3, -0.25) is 9.79 Å². The topological polar surface area (TPSA) is 77.0 Å². The fourth-order valence-electron chi connectivity index (χ4n) is 4.39. The molecule has 3 N–H and O–H groups in total. The van der Waals surface area contributed by atoms with Crippen molar-refractivity contribution in [3.8, 4) is 0 Å². The zero-order valence-electron chi connectivity index (χ0n) is 14.2. The molecular weight excluding hydrogens is 292 g/mol. The predicted octanol–water partition coefficient (Wildman–Crippen LogP) is 0.859. The van der Waals surface area contributed by atoms with Crippen LogP contribution in [0.3, 0.4) is 0 Å². The largest absolute Gasteiger partial charge is 0.388 e. The molecule has 1 atom stereocenters. The standard InChI is InChI=1S/C17H30N4O2/c1-18-15(20-12-17(23)7-3-2-4-8-17)21-9-5-6-16(13-21)10-14(22)19-11-16/h23H,2-13H2,1H3,(H,18,20)(H,19,22). The van der Waals surface area contributed by atoms with E-state index in [1.807, 2.05) is 0 Å². The lowest BCUT2D eigenvalue weighted by Gasteiger charge is -2.41. The van der Waals surface area contributed by atoms with Crippen molar-refractivity contribution in [1.29, 1.82) is 0 Å². The lowest BCUT2D eigenvalue weighted by molar-refractivity contribution is -0.119. The van der Waals surface area contributed by atoms with Crippen LogP contribution in [0.15, 0.2) is 4.99 Å². The zero-order valence-corrected chi connectivity index (χ0v) is 14.2. The minimum atomic E-state index is -0.591. The Bertz CT molecular complexity index is 473. The number of piperidine rings is 1. The first-order valence-corrected chi connectivity index (χ1v) is 8.99. The predicted molar refractivity (Wildman–Crippen MR) is 90.3 cm³/mol. The van der Waals surface area contributed by atoms with Crippen LogP contribution < -0.4 is 10.6 Å². The van der Waals surface area contributed by atoms with Crippen LogP contribution in [0.2, 0.25) is 0 Å². The van der Waals surface area contributed by atoms with Gasteiger partial charge in [-0.2, -0.15) is 0 Å². The van der Waals surface area contributed by atoms with Crippen molar-refractivity contribution in [2.24, 2.45) is 10.4 Å². The number of aliphatic hydroxyl groups is 1. The number of likely N-dealkylation sites (tertiary alicyclic amines) is 1. The highest BCUT2D eigenvalue weighted by molar-refractivity contribution is 5.81. The summed E-state index contributed by atoms with van der Waals surface area (Å²) in [6.45, 7) is 3.18. The van der Waals surface area contributed by atoms with Crippen LogP contribution in [0.25, 0.3) is 0 Å². The fourth-order valence-corrected chi connectivity index (χ4v) is 4.39. The van der Waals surface area contributed by atoms with E-state index < -0.39 is 5.60 Å². The van der Waals surface area contributed by atoms with Crippen molar-refractivity contribution >= 4 is 11.9 Å². The van der Waals surface area contributed by atoms with E-state index in [4.69, 9.17) is 0 Å². The number of nitrogens with one attached hydrogen (secondary N) is 2. The average Bonchev–Trinajstić information content (AvgIpc) is 2.89. The third kappa shape index (κ3) is 3.79. The number of hydrogen-bond acceptors (Lipinski definition) is 3. The number of carbonyl (C=O) groups is 1. The van der Waals surface area contributed by atoms with Gasteiger partial charge in [-0.15, -0.1) is 0 Å². The van der Waals surface area contributed by atoms with E-state index in [1.54, 1.807) is 7.05 Å². The maximum absolute atomic E-state index is 11.6. The molecule has 130 valence electrons. The van der Waals surface area contributed by atoms with E-state index in [-0.39, 0.29) is 11.3 Å². The third-order valence-corrected chi connectivity index (χ3v) is 5.73. The van der Waals surface area contributed by atoms with Gasteiger partial charge in [0, 0.05) is 45.1 Å². The van der Waals surface area contributed by atoms with Gasteiger partial charge in [0.25, 0.3) is 0 Å². The smallest absolute Gasteiger partial charge is 0.220 e. The SMILES string of the molecule is CN=C(NCC1(O)CCCCC1)N1CCCC2(CNC(=O)C2)C1. The summed E-state index contributed by atoms with van der Waals surface area (Å²) in [4.78, 5) is 18.3. The van der Waals surface area contributed by atoms with Crippen LogP contribution >= 0.6 is 0 Å². The molecule has 0 aromatic heterocycles. The van der Waals surface area contributed by atoms with Gasteiger partial charge in [-0.25, -0.2) is 0 Å². The van der Waals surface area contributed by atoms with Crippen LogP contribution in [-0.2, 0) is 4.79 Å². The lowest BCUT2D eigenvalue weighted by Crippen LogP contribution is -2.54. The van der Waals surface area contributed by atoms with Gasteiger partial charge in [0.05, 0.1) is 5.60 Å². The molecule has 2 saturated heterocycles. The van der Waals surface area contributed by atoms with Crippen molar-refractivity contribution in [1.82, 2.24) is 15.5 Å². The molecule has 0 radical (unpaired) electrons. The first-order chi connectivity index (χ1) is 11.0. The summed E-state index contributed by atoms with van der Waals surface area (Å²) in [7, 11) is 1.80. The van der Waals surface area contributed by atoms with Crippen molar-refractivity contribution in [3.05, 3.63) is 0 Å². The van der Waals surface area contributed by atoms with Gasteiger partial charge < -0.3 is 20.6 Å². The van der Waals surface area contributed by atoms with Gasteiger partial charge in [-0.05, 0) is 25.7 Å². The molecule has 6 nitrogen and oxygen atoms in total.